The fourth-order valence-corrected chi connectivity index (χ4v) is 4.94. The van der Waals surface area contributed by atoms with Crippen LogP contribution in [0.1, 0.15) is 69.3 Å². The van der Waals surface area contributed by atoms with Crippen LogP contribution < -0.4 is 0 Å². The largest absolute Gasteiger partial charge is 0.563 e. The van der Waals surface area contributed by atoms with E-state index in [0.29, 0.717) is 12.8 Å². The first kappa shape index (κ1) is 15.3. The molecular weight excluding hydrogens is 286 g/mol. The molecule has 4 rings (SSSR count). The van der Waals surface area contributed by atoms with Gasteiger partial charge in [0.15, 0.2) is 0 Å². The van der Waals surface area contributed by atoms with Crippen LogP contribution in [0.15, 0.2) is 36.1 Å². The Labute approximate surface area is 139 Å². The van der Waals surface area contributed by atoms with Crippen LogP contribution in [-0.4, -0.2) is 6.92 Å². The van der Waals surface area contributed by atoms with E-state index in [2.05, 4.69) is 6.08 Å². The first-order valence-corrected chi connectivity index (χ1v) is 9.42. The summed E-state index contributed by atoms with van der Waals surface area (Å²) in [6.07, 6.45) is 13.9. The second kappa shape index (κ2) is 6.71. The molecule has 1 nitrogen and oxygen atoms in total. The van der Waals surface area contributed by atoms with Crippen molar-refractivity contribution in [3.63, 3.8) is 0 Å². The summed E-state index contributed by atoms with van der Waals surface area (Å²) in [5, 5.41) is 0. The molecule has 0 unspecified atom stereocenters. The third kappa shape index (κ3) is 3.34. The Balaban J connectivity index is 1.48. The first-order valence-electron chi connectivity index (χ1n) is 9.42. The number of fused-ring (bicyclic) bond motifs is 2. The molecule has 2 saturated heterocycles. The lowest BCUT2D eigenvalue weighted by atomic mass is 9.38. The molecule has 1 aromatic rings. The van der Waals surface area contributed by atoms with Crippen molar-refractivity contribution in [2.24, 2.45) is 0 Å². The Bertz CT molecular complexity index is 546. The molecule has 122 valence electrons. The van der Waals surface area contributed by atoms with Gasteiger partial charge in [-0.25, -0.2) is 4.39 Å². The zero-order valence-electron chi connectivity index (χ0n) is 13.8. The highest BCUT2D eigenvalue weighted by molar-refractivity contribution is 6.56. The van der Waals surface area contributed by atoms with E-state index >= 15 is 0 Å². The lowest BCUT2D eigenvalue weighted by Gasteiger charge is -2.40. The van der Waals surface area contributed by atoms with Crippen LogP contribution >= 0.6 is 0 Å². The third-order valence-corrected chi connectivity index (χ3v) is 6.14. The van der Waals surface area contributed by atoms with Crippen molar-refractivity contribution in [2.75, 3.05) is 0 Å². The second-order valence-corrected chi connectivity index (χ2v) is 7.65. The van der Waals surface area contributed by atoms with Crippen LogP contribution in [-0.2, 0) is 4.65 Å². The number of hydrogen-bond donors (Lipinski definition) is 0. The second-order valence-electron chi connectivity index (χ2n) is 7.65. The monoisotopic (exact) mass is 312 g/mol. The van der Waals surface area contributed by atoms with Gasteiger partial charge in [-0.1, -0.05) is 50.7 Å². The first-order chi connectivity index (χ1) is 11.3. The predicted octanol–water partition coefficient (Wildman–Crippen LogP) is 6.09. The van der Waals surface area contributed by atoms with Gasteiger partial charge in [-0.15, -0.1) is 0 Å². The maximum Gasteiger partial charge on any atom is 0.363 e. The zero-order valence-corrected chi connectivity index (χ0v) is 13.8. The van der Waals surface area contributed by atoms with E-state index in [9.17, 15) is 4.39 Å². The molecule has 3 heteroatoms. The van der Waals surface area contributed by atoms with Gasteiger partial charge in [0.2, 0.25) is 0 Å². The van der Waals surface area contributed by atoms with E-state index in [1.165, 1.54) is 56.3 Å². The van der Waals surface area contributed by atoms with Crippen molar-refractivity contribution in [1.29, 1.82) is 0 Å². The molecule has 1 aliphatic carbocycles. The molecule has 2 heterocycles. The van der Waals surface area contributed by atoms with Gasteiger partial charge in [0, 0.05) is 12.3 Å². The summed E-state index contributed by atoms with van der Waals surface area (Å²) in [6, 6.07) is 7.00. The van der Waals surface area contributed by atoms with E-state index in [1.54, 1.807) is 12.1 Å². The fraction of sp³-hybridized carbons (Fsp3) is 0.600. The van der Waals surface area contributed by atoms with Crippen molar-refractivity contribution in [3.05, 3.63) is 47.5 Å². The molecular formula is C20H26BFO. The van der Waals surface area contributed by atoms with E-state index in [4.69, 9.17) is 4.65 Å². The van der Waals surface area contributed by atoms with Gasteiger partial charge >= 0.3 is 6.92 Å². The van der Waals surface area contributed by atoms with Crippen LogP contribution in [0, 0.1) is 5.82 Å². The quantitative estimate of drug-likeness (QED) is 0.613. The van der Waals surface area contributed by atoms with Crippen LogP contribution in [0.3, 0.4) is 0 Å². The lowest BCUT2D eigenvalue weighted by Crippen LogP contribution is -2.37. The summed E-state index contributed by atoms with van der Waals surface area (Å²) < 4.78 is 19.7. The molecule has 0 radical (unpaired) electrons. The Hall–Kier alpha value is -1.25. The number of halogens is 1. The van der Waals surface area contributed by atoms with Gasteiger partial charge in [0.05, 0.1) is 5.76 Å². The number of benzene rings is 1. The normalized spacial score (nSPS) is 30.7. The SMILES string of the molecule is Fc1ccc([C@@H]2C=C(OB3C4CCCC3CCC4)CCC2)cc1. The molecule has 0 N–H and O–H groups in total. The highest BCUT2D eigenvalue weighted by Crippen LogP contribution is 2.48. The molecule has 0 saturated carbocycles. The third-order valence-electron chi connectivity index (χ3n) is 6.14. The average molecular weight is 312 g/mol. The number of hydrogen-bond acceptors (Lipinski definition) is 1. The van der Waals surface area contributed by atoms with Crippen molar-refractivity contribution >= 4 is 6.92 Å². The van der Waals surface area contributed by atoms with E-state index < -0.39 is 0 Å². The number of allylic oxidation sites excluding steroid dienone is 2. The van der Waals surface area contributed by atoms with E-state index in [-0.39, 0.29) is 5.82 Å². The smallest absolute Gasteiger partial charge is 0.363 e. The molecule has 2 bridgehead atoms. The van der Waals surface area contributed by atoms with Crippen LogP contribution in [0.25, 0.3) is 0 Å². The van der Waals surface area contributed by atoms with Gasteiger partial charge in [0.1, 0.15) is 5.82 Å². The molecule has 0 aromatic heterocycles. The lowest BCUT2D eigenvalue weighted by molar-refractivity contribution is 0.313. The van der Waals surface area contributed by atoms with Gasteiger partial charge in [-0.3, -0.25) is 0 Å². The zero-order chi connectivity index (χ0) is 15.6. The van der Waals surface area contributed by atoms with Crippen LogP contribution in [0.2, 0.25) is 11.6 Å². The Morgan fingerprint density at radius 1 is 0.870 bits per heavy atom. The standard InChI is InChI=1S/C20H26BFO/c22-19-12-10-15(11-13-19)16-4-1-9-20(14-16)23-21-17-5-2-6-18(21)8-3-7-17/h10-14,16-18H,1-9H2/t16-,17?,18?/m0/s1. The molecule has 1 aromatic carbocycles. The highest BCUT2D eigenvalue weighted by Gasteiger charge is 2.43. The van der Waals surface area contributed by atoms with Gasteiger partial charge in [0.25, 0.3) is 0 Å². The Morgan fingerprint density at radius 2 is 1.52 bits per heavy atom. The van der Waals surface area contributed by atoms with Crippen LogP contribution in [0.5, 0.6) is 0 Å². The summed E-state index contributed by atoms with van der Waals surface area (Å²) in [4.78, 5) is 0. The number of rotatable bonds is 3. The van der Waals surface area contributed by atoms with Gasteiger partial charge in [-0.2, -0.15) is 0 Å². The van der Waals surface area contributed by atoms with Crippen molar-refractivity contribution in [3.8, 4) is 0 Å². The summed E-state index contributed by atoms with van der Waals surface area (Å²) in [7, 11) is 0. The summed E-state index contributed by atoms with van der Waals surface area (Å²) in [5.74, 6) is 3.02. The molecule has 2 aliphatic heterocycles. The van der Waals surface area contributed by atoms with Gasteiger partial charge in [-0.05, 0) is 48.2 Å². The molecule has 0 spiro atoms. The topological polar surface area (TPSA) is 9.23 Å². The fourth-order valence-electron chi connectivity index (χ4n) is 4.94. The average Bonchev–Trinajstić information content (AvgIpc) is 2.56. The minimum Gasteiger partial charge on any atom is -0.563 e. The maximum absolute atomic E-state index is 13.1. The summed E-state index contributed by atoms with van der Waals surface area (Å²) >= 11 is 0. The van der Waals surface area contributed by atoms with E-state index in [0.717, 1.165) is 24.5 Å². The molecule has 3 aliphatic rings. The Kier molecular flexibility index (Phi) is 4.46. The van der Waals surface area contributed by atoms with Gasteiger partial charge < -0.3 is 4.65 Å². The molecule has 0 amide bonds. The minimum atomic E-state index is -0.153. The maximum atomic E-state index is 13.1. The molecule has 1 atom stereocenters. The van der Waals surface area contributed by atoms with Crippen molar-refractivity contribution in [1.82, 2.24) is 0 Å². The van der Waals surface area contributed by atoms with E-state index in [1.807, 2.05) is 12.1 Å². The van der Waals surface area contributed by atoms with Crippen LogP contribution in [0.4, 0.5) is 4.39 Å². The summed E-state index contributed by atoms with van der Waals surface area (Å²) in [5.41, 5.74) is 1.22. The molecule has 2 fully saturated rings. The highest BCUT2D eigenvalue weighted by atomic mass is 19.1. The predicted molar refractivity (Wildman–Crippen MR) is 93.1 cm³/mol. The minimum absolute atomic E-state index is 0.153. The van der Waals surface area contributed by atoms with Crippen molar-refractivity contribution in [2.45, 2.75) is 75.3 Å². The van der Waals surface area contributed by atoms with Crippen molar-refractivity contribution < 1.29 is 9.04 Å². The summed E-state index contributed by atoms with van der Waals surface area (Å²) in [6.45, 7) is 0.468. The Morgan fingerprint density at radius 3 is 2.17 bits per heavy atom. The molecule has 23 heavy (non-hydrogen) atoms.